The minimum Gasteiger partial charge on any atom is -0.467 e. The van der Waals surface area contributed by atoms with Crippen molar-refractivity contribution in [2.75, 3.05) is 13.1 Å². The van der Waals surface area contributed by atoms with Gasteiger partial charge in [0.15, 0.2) is 0 Å². The normalized spacial score (nSPS) is 19.6. The molecule has 3 rings (SSSR count). The molecule has 0 aliphatic carbocycles. The van der Waals surface area contributed by atoms with E-state index in [2.05, 4.69) is 10.6 Å². The van der Waals surface area contributed by atoms with Gasteiger partial charge in [0.05, 0.1) is 18.2 Å². The van der Waals surface area contributed by atoms with E-state index in [0.29, 0.717) is 38.4 Å². The summed E-state index contributed by atoms with van der Waals surface area (Å²) in [6.07, 6.45) is 3.03. The van der Waals surface area contributed by atoms with Gasteiger partial charge in [0, 0.05) is 19.6 Å². The molecule has 2 N–H and O–H groups in total. The SMILES string of the molecule is C[C@]1(C(=O)NCc2ccc(F)cc2)CCCN(C(=O)NCc2ccco2)C1. The first-order valence-electron chi connectivity index (χ1n) is 9.04. The number of hydrogen-bond donors (Lipinski definition) is 2. The van der Waals surface area contributed by atoms with Crippen LogP contribution in [-0.2, 0) is 17.9 Å². The molecule has 0 radical (unpaired) electrons. The quantitative estimate of drug-likeness (QED) is 0.846. The summed E-state index contributed by atoms with van der Waals surface area (Å²) >= 11 is 0. The number of urea groups is 1. The van der Waals surface area contributed by atoms with Crippen LogP contribution in [0.1, 0.15) is 31.1 Å². The molecule has 144 valence electrons. The molecular formula is C20H24FN3O3. The number of nitrogens with one attached hydrogen (secondary N) is 2. The average molecular weight is 373 g/mol. The molecule has 2 aromatic rings. The van der Waals surface area contributed by atoms with Crippen molar-refractivity contribution < 1.29 is 18.4 Å². The number of likely N-dealkylation sites (tertiary alicyclic amines) is 1. The van der Waals surface area contributed by atoms with Crippen LogP contribution in [0.2, 0.25) is 0 Å². The maximum atomic E-state index is 13.0. The molecule has 0 spiro atoms. The second-order valence-corrected chi connectivity index (χ2v) is 7.13. The third kappa shape index (κ3) is 4.87. The molecule has 0 unspecified atom stereocenters. The summed E-state index contributed by atoms with van der Waals surface area (Å²) in [5.74, 6) is 0.274. The number of carbonyl (C=O) groups excluding carboxylic acids is 2. The summed E-state index contributed by atoms with van der Waals surface area (Å²) in [5, 5.41) is 5.73. The monoisotopic (exact) mass is 373 g/mol. The fourth-order valence-corrected chi connectivity index (χ4v) is 3.28. The van der Waals surface area contributed by atoms with Crippen molar-refractivity contribution in [2.45, 2.75) is 32.9 Å². The van der Waals surface area contributed by atoms with E-state index in [9.17, 15) is 14.0 Å². The number of amides is 3. The number of furan rings is 1. The predicted molar refractivity (Wildman–Crippen MR) is 98.1 cm³/mol. The van der Waals surface area contributed by atoms with E-state index in [4.69, 9.17) is 4.42 Å². The van der Waals surface area contributed by atoms with Gasteiger partial charge in [0.25, 0.3) is 0 Å². The lowest BCUT2D eigenvalue weighted by Crippen LogP contribution is -2.53. The smallest absolute Gasteiger partial charge is 0.317 e. The molecule has 1 aromatic carbocycles. The Morgan fingerprint density at radius 1 is 1.19 bits per heavy atom. The van der Waals surface area contributed by atoms with E-state index in [1.165, 1.54) is 12.1 Å². The second kappa shape index (κ2) is 8.24. The number of nitrogens with zero attached hydrogens (tertiary/aromatic N) is 1. The van der Waals surface area contributed by atoms with Crippen molar-refractivity contribution in [3.63, 3.8) is 0 Å². The van der Waals surface area contributed by atoms with Crippen LogP contribution in [0.3, 0.4) is 0 Å². The number of carbonyl (C=O) groups is 2. The Bertz CT molecular complexity index is 776. The molecule has 1 aliphatic rings. The van der Waals surface area contributed by atoms with Crippen LogP contribution in [0.25, 0.3) is 0 Å². The highest BCUT2D eigenvalue weighted by Gasteiger charge is 2.39. The van der Waals surface area contributed by atoms with Gasteiger partial charge in [-0.3, -0.25) is 4.79 Å². The molecule has 1 atom stereocenters. The van der Waals surface area contributed by atoms with Gasteiger partial charge in [-0.05, 0) is 49.6 Å². The highest BCUT2D eigenvalue weighted by atomic mass is 19.1. The molecule has 7 heteroatoms. The number of piperidine rings is 1. The zero-order valence-corrected chi connectivity index (χ0v) is 15.3. The lowest BCUT2D eigenvalue weighted by molar-refractivity contribution is -0.132. The zero-order chi connectivity index (χ0) is 19.3. The summed E-state index contributed by atoms with van der Waals surface area (Å²) in [5.41, 5.74) is 0.178. The van der Waals surface area contributed by atoms with E-state index >= 15 is 0 Å². The molecule has 1 fully saturated rings. The molecule has 0 saturated carbocycles. The first kappa shape index (κ1) is 18.9. The predicted octanol–water partition coefficient (Wildman–Crippen LogP) is 3.05. The van der Waals surface area contributed by atoms with Gasteiger partial charge >= 0.3 is 6.03 Å². The largest absolute Gasteiger partial charge is 0.467 e. The van der Waals surface area contributed by atoms with Gasteiger partial charge in [-0.25, -0.2) is 9.18 Å². The highest BCUT2D eigenvalue weighted by molar-refractivity contribution is 5.84. The maximum Gasteiger partial charge on any atom is 0.317 e. The minimum absolute atomic E-state index is 0.102. The number of halogens is 1. The molecule has 3 amide bonds. The fraction of sp³-hybridized carbons (Fsp3) is 0.400. The molecule has 1 aromatic heterocycles. The number of hydrogen-bond acceptors (Lipinski definition) is 3. The Labute approximate surface area is 157 Å². The van der Waals surface area contributed by atoms with Gasteiger partial charge in [0.1, 0.15) is 11.6 Å². The molecule has 1 aliphatic heterocycles. The molecule has 6 nitrogen and oxygen atoms in total. The summed E-state index contributed by atoms with van der Waals surface area (Å²) in [7, 11) is 0. The van der Waals surface area contributed by atoms with Gasteiger partial charge in [0.2, 0.25) is 5.91 Å². The average Bonchev–Trinajstić information content (AvgIpc) is 3.19. The summed E-state index contributed by atoms with van der Waals surface area (Å²) in [4.78, 5) is 26.8. The van der Waals surface area contributed by atoms with Crippen molar-refractivity contribution >= 4 is 11.9 Å². The molecule has 0 bridgehead atoms. The number of rotatable bonds is 5. The summed E-state index contributed by atoms with van der Waals surface area (Å²) in [6, 6.07) is 9.39. The van der Waals surface area contributed by atoms with Crippen molar-refractivity contribution in [1.82, 2.24) is 15.5 Å². The van der Waals surface area contributed by atoms with Crippen LogP contribution in [0.4, 0.5) is 9.18 Å². The summed E-state index contributed by atoms with van der Waals surface area (Å²) < 4.78 is 18.2. The summed E-state index contributed by atoms with van der Waals surface area (Å²) in [6.45, 7) is 3.49. The molecule has 27 heavy (non-hydrogen) atoms. The fourth-order valence-electron chi connectivity index (χ4n) is 3.28. The third-order valence-electron chi connectivity index (χ3n) is 4.89. The van der Waals surface area contributed by atoms with Gasteiger partial charge in [-0.1, -0.05) is 12.1 Å². The highest BCUT2D eigenvalue weighted by Crippen LogP contribution is 2.30. The van der Waals surface area contributed by atoms with E-state index in [-0.39, 0.29) is 17.8 Å². The molecule has 1 saturated heterocycles. The Balaban J connectivity index is 1.53. The topological polar surface area (TPSA) is 74.6 Å². The lowest BCUT2D eigenvalue weighted by atomic mass is 9.81. The zero-order valence-electron chi connectivity index (χ0n) is 15.3. The maximum absolute atomic E-state index is 13.0. The Hall–Kier alpha value is -2.83. The van der Waals surface area contributed by atoms with Crippen LogP contribution in [0.15, 0.2) is 47.1 Å². The van der Waals surface area contributed by atoms with Crippen LogP contribution in [0.5, 0.6) is 0 Å². The standard InChI is InChI=1S/C20H24FN3O3/c1-20(18(25)22-12-15-5-7-16(21)8-6-15)9-3-10-24(14-20)19(26)23-13-17-4-2-11-27-17/h2,4-8,11H,3,9-10,12-14H2,1H3,(H,22,25)(H,23,26)/t20-/m0/s1. The minimum atomic E-state index is -0.652. The number of benzene rings is 1. The first-order chi connectivity index (χ1) is 13.0. The third-order valence-corrected chi connectivity index (χ3v) is 4.89. The van der Waals surface area contributed by atoms with Crippen LogP contribution in [0, 0.1) is 11.2 Å². The van der Waals surface area contributed by atoms with Crippen molar-refractivity contribution in [2.24, 2.45) is 5.41 Å². The van der Waals surface area contributed by atoms with Gasteiger partial charge in [-0.2, -0.15) is 0 Å². The van der Waals surface area contributed by atoms with Gasteiger partial charge in [-0.15, -0.1) is 0 Å². The van der Waals surface area contributed by atoms with Crippen LogP contribution in [-0.4, -0.2) is 29.9 Å². The molecule has 2 heterocycles. The Morgan fingerprint density at radius 3 is 2.67 bits per heavy atom. The van der Waals surface area contributed by atoms with E-state index in [1.54, 1.807) is 35.4 Å². The first-order valence-corrected chi connectivity index (χ1v) is 9.04. The van der Waals surface area contributed by atoms with Crippen molar-refractivity contribution in [3.8, 4) is 0 Å². The van der Waals surface area contributed by atoms with Crippen molar-refractivity contribution in [3.05, 3.63) is 59.8 Å². The lowest BCUT2D eigenvalue weighted by Gasteiger charge is -2.39. The van der Waals surface area contributed by atoms with Gasteiger partial charge < -0.3 is 20.0 Å². The van der Waals surface area contributed by atoms with E-state index in [1.807, 2.05) is 6.92 Å². The second-order valence-electron chi connectivity index (χ2n) is 7.13. The van der Waals surface area contributed by atoms with Crippen LogP contribution < -0.4 is 10.6 Å². The molecular weight excluding hydrogens is 349 g/mol. The van der Waals surface area contributed by atoms with E-state index in [0.717, 1.165) is 12.0 Å². The van der Waals surface area contributed by atoms with E-state index < -0.39 is 5.41 Å². The Kier molecular flexibility index (Phi) is 5.78. The van der Waals surface area contributed by atoms with Crippen molar-refractivity contribution in [1.29, 1.82) is 0 Å². The van der Waals surface area contributed by atoms with Crippen LogP contribution >= 0.6 is 0 Å². The Morgan fingerprint density at radius 2 is 1.96 bits per heavy atom.